The van der Waals surface area contributed by atoms with Crippen LogP contribution in [0.4, 0.5) is 17.6 Å². The predicted octanol–water partition coefficient (Wildman–Crippen LogP) is 11.7. The van der Waals surface area contributed by atoms with Crippen LogP contribution in [0.25, 0.3) is 0 Å². The second-order valence-corrected chi connectivity index (χ2v) is 5.83. The normalized spacial score (nSPS) is 7.94. The minimum Gasteiger partial charge on any atom is -0.246 e. The summed E-state index contributed by atoms with van der Waals surface area (Å²) in [5.74, 6) is -0.356. The number of alkyl halides is 2. The minimum absolute atomic E-state index is 0.178. The minimum atomic E-state index is -0.360. The van der Waals surface area contributed by atoms with E-state index in [1.807, 2.05) is 64.1 Å². The van der Waals surface area contributed by atoms with Crippen LogP contribution >= 0.6 is 28.3 Å². The Hall–Kier alpha value is -2.44. The lowest BCUT2D eigenvalue weighted by molar-refractivity contribution is 0.485. The summed E-state index contributed by atoms with van der Waals surface area (Å²) >= 11 is 5.50. The first-order valence-corrected chi connectivity index (χ1v) is 15.1. The molecule has 6 heteroatoms. The van der Waals surface area contributed by atoms with Crippen LogP contribution in [0, 0.1) is 11.6 Å². The van der Waals surface area contributed by atoms with Gasteiger partial charge in [-0.05, 0) is 35.4 Å². The van der Waals surface area contributed by atoms with Gasteiger partial charge in [-0.2, -0.15) is 0 Å². The Morgan fingerprint density at radius 3 is 0.722 bits per heavy atom. The van der Waals surface area contributed by atoms with Gasteiger partial charge in [0.1, 0.15) is 25.0 Å². The van der Waals surface area contributed by atoms with Crippen molar-refractivity contribution in [3.05, 3.63) is 144 Å². The van der Waals surface area contributed by atoms with E-state index in [-0.39, 0.29) is 25.0 Å². The molecule has 0 amide bonds. The van der Waals surface area contributed by atoms with E-state index in [1.54, 1.807) is 60.7 Å². The predicted molar refractivity (Wildman–Crippen MR) is 156 cm³/mol. The summed E-state index contributed by atoms with van der Waals surface area (Å²) in [5, 5.41) is 0. The highest BCUT2D eigenvalue weighted by Crippen LogP contribution is 1.99. The smallest absolute Gasteiger partial charge is 0.123 e. The zero-order chi connectivity index (χ0) is 27.9. The zero-order valence-corrected chi connectivity index (χ0v) is 24.4. The van der Waals surface area contributed by atoms with Crippen molar-refractivity contribution < 1.29 is 17.6 Å². The SMILES string of the molecule is BrBr.CC.CC.FCc1ccccc1.FCc1ccccc1.Fc1ccccc1.Fc1ccccc1. The molecule has 0 aliphatic carbocycles. The Labute approximate surface area is 230 Å². The van der Waals surface area contributed by atoms with Crippen molar-refractivity contribution in [3.8, 4) is 0 Å². The molecule has 0 saturated carbocycles. The summed E-state index contributed by atoms with van der Waals surface area (Å²) in [6, 6.07) is 34.0. The highest BCUT2D eigenvalue weighted by Gasteiger charge is 1.83. The average molecular weight is 632 g/mol. The lowest BCUT2D eigenvalue weighted by atomic mass is 10.2. The maximum Gasteiger partial charge on any atom is 0.123 e. The van der Waals surface area contributed by atoms with Gasteiger partial charge in [0.25, 0.3) is 0 Å². The highest BCUT2D eigenvalue weighted by atomic mass is 80.9. The zero-order valence-electron chi connectivity index (χ0n) is 21.2. The maximum atomic E-state index is 11.9. The molecule has 0 spiro atoms. The molecule has 198 valence electrons. The van der Waals surface area contributed by atoms with Gasteiger partial charge in [-0.3, -0.25) is 0 Å². The molecule has 0 aliphatic heterocycles. The van der Waals surface area contributed by atoms with Gasteiger partial charge in [-0.15, -0.1) is 0 Å². The molecule has 0 unspecified atom stereocenters. The van der Waals surface area contributed by atoms with Crippen molar-refractivity contribution >= 4 is 28.3 Å². The highest BCUT2D eigenvalue weighted by molar-refractivity contribution is 9.93. The van der Waals surface area contributed by atoms with Crippen LogP contribution in [0.2, 0.25) is 0 Å². The summed E-state index contributed by atoms with van der Waals surface area (Å²) in [7, 11) is 0. The van der Waals surface area contributed by atoms with E-state index < -0.39 is 0 Å². The monoisotopic (exact) mass is 630 g/mol. The quantitative estimate of drug-likeness (QED) is 0.193. The number of benzene rings is 4. The summed E-state index contributed by atoms with van der Waals surface area (Å²) in [5.41, 5.74) is 1.49. The number of hydrogen-bond acceptors (Lipinski definition) is 0. The fourth-order valence-electron chi connectivity index (χ4n) is 1.96. The van der Waals surface area contributed by atoms with Crippen LogP contribution in [0.1, 0.15) is 38.8 Å². The topological polar surface area (TPSA) is 0 Å². The molecule has 0 aliphatic rings. The number of hydrogen-bond donors (Lipinski definition) is 0. The van der Waals surface area contributed by atoms with Gasteiger partial charge < -0.3 is 0 Å². The number of rotatable bonds is 2. The van der Waals surface area contributed by atoms with Crippen LogP contribution in [0.5, 0.6) is 0 Å². The Bertz CT molecular complexity index is 803. The molecule has 0 radical (unpaired) electrons. The summed E-state index contributed by atoms with van der Waals surface area (Å²) in [6.07, 6.45) is 0. The van der Waals surface area contributed by atoms with Gasteiger partial charge in [0, 0.05) is 28.3 Å². The molecule has 4 aromatic rings. The Kier molecular flexibility index (Phi) is 34.5. The third-order valence-electron chi connectivity index (χ3n) is 3.46. The lowest BCUT2D eigenvalue weighted by Gasteiger charge is -1.87. The first kappa shape index (κ1) is 38.1. The standard InChI is InChI=1S/2C7H7F.2C6H5F.2C2H6.Br2/c2*8-6-7-4-2-1-3-5-7;2*7-6-4-2-1-3-5-6;3*1-2/h2*1-5H,6H2;2*1-5H;2*1-2H3;. The molecule has 0 atom stereocenters. The fourth-order valence-corrected chi connectivity index (χ4v) is 1.96. The molecule has 4 rings (SSSR count). The van der Waals surface area contributed by atoms with E-state index >= 15 is 0 Å². The Balaban J connectivity index is -0.000000377. The van der Waals surface area contributed by atoms with E-state index in [1.165, 1.54) is 24.3 Å². The molecule has 0 aromatic heterocycles. The second-order valence-electron chi connectivity index (χ2n) is 5.83. The van der Waals surface area contributed by atoms with Gasteiger partial charge in [0.15, 0.2) is 0 Å². The molecular weight excluding hydrogens is 596 g/mol. The third-order valence-corrected chi connectivity index (χ3v) is 3.46. The second kappa shape index (κ2) is 32.6. The van der Waals surface area contributed by atoms with Crippen LogP contribution in [-0.4, -0.2) is 0 Å². The van der Waals surface area contributed by atoms with Crippen LogP contribution in [0.15, 0.2) is 121 Å². The lowest BCUT2D eigenvalue weighted by Crippen LogP contribution is -1.72. The van der Waals surface area contributed by atoms with Crippen LogP contribution in [0.3, 0.4) is 0 Å². The molecule has 0 saturated heterocycles. The molecule has 4 aromatic carbocycles. The molecule has 0 N–H and O–H groups in total. The van der Waals surface area contributed by atoms with E-state index in [4.69, 9.17) is 0 Å². The summed E-state index contributed by atoms with van der Waals surface area (Å²) in [6.45, 7) is 7.28. The van der Waals surface area contributed by atoms with Gasteiger partial charge in [0.2, 0.25) is 0 Å². The Morgan fingerprint density at radius 2 is 0.611 bits per heavy atom. The Morgan fingerprint density at radius 1 is 0.417 bits per heavy atom. The summed E-state index contributed by atoms with van der Waals surface area (Å²) in [4.78, 5) is 0. The molecular formula is C30H36Br2F4. The van der Waals surface area contributed by atoms with Gasteiger partial charge >= 0.3 is 0 Å². The molecule has 0 heterocycles. The molecule has 0 nitrogen and oxygen atoms in total. The van der Waals surface area contributed by atoms with Crippen molar-refractivity contribution in [2.45, 2.75) is 41.0 Å². The van der Waals surface area contributed by atoms with E-state index in [0.29, 0.717) is 0 Å². The van der Waals surface area contributed by atoms with Crippen molar-refractivity contribution in [1.29, 1.82) is 0 Å². The van der Waals surface area contributed by atoms with Crippen molar-refractivity contribution in [3.63, 3.8) is 0 Å². The van der Waals surface area contributed by atoms with Crippen LogP contribution in [-0.2, 0) is 13.3 Å². The fraction of sp³-hybridized carbons (Fsp3) is 0.200. The van der Waals surface area contributed by atoms with Gasteiger partial charge in [0.05, 0.1) is 0 Å². The largest absolute Gasteiger partial charge is 0.246 e. The van der Waals surface area contributed by atoms with Crippen molar-refractivity contribution in [2.75, 3.05) is 0 Å². The first-order chi connectivity index (χ1) is 17.7. The molecule has 0 fully saturated rings. The van der Waals surface area contributed by atoms with E-state index in [2.05, 4.69) is 28.3 Å². The van der Waals surface area contributed by atoms with Gasteiger partial charge in [-0.25, -0.2) is 17.6 Å². The average Bonchev–Trinajstić information content (AvgIpc) is 2.99. The van der Waals surface area contributed by atoms with E-state index in [0.717, 1.165) is 11.1 Å². The maximum absolute atomic E-state index is 11.9. The summed E-state index contributed by atoms with van der Waals surface area (Å²) < 4.78 is 47.3. The van der Waals surface area contributed by atoms with Crippen LogP contribution < -0.4 is 0 Å². The first-order valence-electron chi connectivity index (χ1n) is 11.4. The van der Waals surface area contributed by atoms with Crippen molar-refractivity contribution in [1.82, 2.24) is 0 Å². The third kappa shape index (κ3) is 26.2. The molecule has 0 bridgehead atoms. The van der Waals surface area contributed by atoms with Gasteiger partial charge in [-0.1, -0.05) is 125 Å². The number of halogens is 6. The van der Waals surface area contributed by atoms with E-state index in [9.17, 15) is 17.6 Å². The van der Waals surface area contributed by atoms with Crippen molar-refractivity contribution in [2.24, 2.45) is 0 Å². The molecule has 36 heavy (non-hydrogen) atoms.